The van der Waals surface area contributed by atoms with Crippen LogP contribution in [0.3, 0.4) is 0 Å². The zero-order valence-electron chi connectivity index (χ0n) is 25.5. The number of aliphatic carboxylic acids is 4. The van der Waals surface area contributed by atoms with Crippen molar-refractivity contribution in [2.45, 2.75) is 63.3 Å². The van der Waals surface area contributed by atoms with Gasteiger partial charge in [-0.15, -0.1) is 0 Å². The minimum atomic E-state index is -2.12. The molecule has 0 N–H and O–H groups in total. The maximum Gasteiger partial charge on any atom is 0.302 e. The molecule has 2 saturated heterocycles. The van der Waals surface area contributed by atoms with Gasteiger partial charge in [-0.1, -0.05) is 35.9 Å². The Morgan fingerprint density at radius 3 is 2.13 bits per heavy atom. The van der Waals surface area contributed by atoms with Crippen molar-refractivity contribution in [2.75, 3.05) is 19.8 Å². The summed E-state index contributed by atoms with van der Waals surface area (Å²) in [6.45, 7) is 1.61. The second-order valence-corrected chi connectivity index (χ2v) is 12.2. The highest BCUT2D eigenvalue weighted by atomic mass is 35.5. The fourth-order valence-electron chi connectivity index (χ4n) is 6.63. The van der Waals surface area contributed by atoms with E-state index in [-0.39, 0.29) is 23.1 Å². The largest absolute Gasteiger partial charge is 0.550 e. The molecule has 2 fully saturated rings. The second-order valence-electron chi connectivity index (χ2n) is 11.8. The first-order valence-corrected chi connectivity index (χ1v) is 15.4. The third kappa shape index (κ3) is 9.21. The van der Waals surface area contributed by atoms with E-state index >= 15 is 0 Å². The Balaban J connectivity index is 1.80. The molecule has 2 aromatic rings. The van der Waals surface area contributed by atoms with Crippen molar-refractivity contribution in [3.05, 3.63) is 64.2 Å². The van der Waals surface area contributed by atoms with Gasteiger partial charge in [0.2, 0.25) is 0 Å². The molecule has 2 aliphatic rings. The summed E-state index contributed by atoms with van der Waals surface area (Å²) in [7, 11) is 0. The first-order chi connectivity index (χ1) is 22.3. The fourth-order valence-corrected chi connectivity index (χ4v) is 6.81. The van der Waals surface area contributed by atoms with Gasteiger partial charge in [0.15, 0.2) is 0 Å². The molecule has 0 amide bonds. The van der Waals surface area contributed by atoms with Gasteiger partial charge >= 0.3 is 5.97 Å². The van der Waals surface area contributed by atoms with Gasteiger partial charge in [0, 0.05) is 54.6 Å². The van der Waals surface area contributed by atoms with Gasteiger partial charge in [0.05, 0.1) is 19.3 Å². The lowest BCUT2D eigenvalue weighted by Gasteiger charge is -2.55. The van der Waals surface area contributed by atoms with Crippen LogP contribution in [0.1, 0.15) is 55.7 Å². The van der Waals surface area contributed by atoms with Crippen molar-refractivity contribution >= 4 is 41.4 Å². The van der Waals surface area contributed by atoms with Crippen LogP contribution in [-0.2, 0) is 50.2 Å². The van der Waals surface area contributed by atoms with E-state index in [2.05, 4.69) is 0 Å². The average Bonchev–Trinajstić information content (AvgIpc) is 3.49. The Morgan fingerprint density at radius 1 is 0.894 bits per heavy atom. The molecule has 47 heavy (non-hydrogen) atoms. The molecule has 0 bridgehead atoms. The lowest BCUT2D eigenvalue weighted by atomic mass is 9.61. The summed E-state index contributed by atoms with van der Waals surface area (Å²) in [5.41, 5.74) is -0.732. The van der Waals surface area contributed by atoms with Crippen LogP contribution in [0.15, 0.2) is 42.5 Å². The van der Waals surface area contributed by atoms with Crippen molar-refractivity contribution < 1.29 is 63.3 Å². The topological polar surface area (TPSA) is 215 Å². The van der Waals surface area contributed by atoms with Crippen molar-refractivity contribution in [1.82, 2.24) is 0 Å². The molecule has 254 valence electrons. The van der Waals surface area contributed by atoms with Gasteiger partial charge in [-0.2, -0.15) is 0 Å². The summed E-state index contributed by atoms with van der Waals surface area (Å²) in [5, 5.41) is 48.5. The number of carboxylic acids is 4. The molecular formula is C33H33ClO13-4. The van der Waals surface area contributed by atoms with Crippen molar-refractivity contribution in [2.24, 2.45) is 17.8 Å². The first-order valence-electron chi connectivity index (χ1n) is 15.0. The van der Waals surface area contributed by atoms with Crippen LogP contribution in [0.5, 0.6) is 5.75 Å². The smallest absolute Gasteiger partial charge is 0.302 e. The minimum Gasteiger partial charge on any atom is -0.550 e. The number of benzene rings is 2. The number of rotatable bonds is 15. The van der Waals surface area contributed by atoms with Gasteiger partial charge in [0.1, 0.15) is 24.1 Å². The second kappa shape index (κ2) is 15.6. The number of hydrogen-bond donors (Lipinski definition) is 0. The maximum absolute atomic E-state index is 12.3. The number of ether oxygens (including phenoxy) is 4. The van der Waals surface area contributed by atoms with Crippen LogP contribution in [0, 0.1) is 17.8 Å². The van der Waals surface area contributed by atoms with E-state index in [9.17, 15) is 44.4 Å². The number of carboxylic acid groups (broad SMARTS) is 4. The van der Waals surface area contributed by atoms with Crippen LogP contribution in [-0.4, -0.2) is 61.9 Å². The lowest BCUT2D eigenvalue weighted by molar-refractivity contribution is -0.331. The standard InChI is InChI=1S/C33H37ClO13/c1-18(35)45-17-28-25(13-30(38)39)24(12-29(36)37)26(14-31(40)41)33(47-28,15-32(42)43)21-4-7-27(34)20(11-21)10-19-2-5-22(6-3-19)46-23-8-9-44-16-23/h2-7,11,23-26,28H,8-10,12-17H2,1H3,(H,36,37)(H,38,39)(H,40,41)(H,42,43)/p-4/t23-,24-,25+,26+,28-,33-/m0/s1. The summed E-state index contributed by atoms with van der Waals surface area (Å²) >= 11 is 6.56. The van der Waals surface area contributed by atoms with E-state index in [1.165, 1.54) is 18.2 Å². The monoisotopic (exact) mass is 672 g/mol. The van der Waals surface area contributed by atoms with Crippen molar-refractivity contribution in [1.29, 1.82) is 0 Å². The SMILES string of the molecule is CC(=O)OC[C@@H]1O[C@@](CC(=O)[O-])(c2ccc(Cl)c(Cc3ccc(O[C@H]4CCOC4)cc3)c2)[C@H](CC(=O)[O-])[C@@H](CC(=O)[O-])[C@H]1CC(=O)[O-]. The molecule has 14 heteroatoms. The lowest BCUT2D eigenvalue weighted by Crippen LogP contribution is -2.59. The number of halogens is 1. The first kappa shape index (κ1) is 35.7. The van der Waals surface area contributed by atoms with Crippen LogP contribution < -0.4 is 25.2 Å². The molecule has 0 saturated carbocycles. The van der Waals surface area contributed by atoms with E-state index in [0.717, 1.165) is 18.9 Å². The van der Waals surface area contributed by atoms with Crippen LogP contribution in [0.25, 0.3) is 0 Å². The third-order valence-corrected chi connectivity index (χ3v) is 8.97. The number of esters is 1. The third-order valence-electron chi connectivity index (χ3n) is 8.60. The van der Waals surface area contributed by atoms with E-state index in [1.54, 1.807) is 12.1 Å². The van der Waals surface area contributed by atoms with Crippen molar-refractivity contribution in [3.8, 4) is 5.75 Å². The molecule has 0 aromatic heterocycles. The molecule has 0 spiro atoms. The number of carbonyl (C=O) groups excluding carboxylic acids is 5. The highest BCUT2D eigenvalue weighted by molar-refractivity contribution is 6.31. The highest BCUT2D eigenvalue weighted by Crippen LogP contribution is 2.53. The predicted molar refractivity (Wildman–Crippen MR) is 153 cm³/mol. The summed E-state index contributed by atoms with van der Waals surface area (Å²) in [6.07, 6.45) is -4.00. The molecule has 2 aliphatic heterocycles. The van der Waals surface area contributed by atoms with Crippen LogP contribution >= 0.6 is 11.6 Å². The zero-order valence-corrected chi connectivity index (χ0v) is 26.2. The van der Waals surface area contributed by atoms with E-state index in [1.807, 2.05) is 12.1 Å². The normalized spacial score (nSPS) is 25.5. The zero-order chi connectivity index (χ0) is 34.3. The summed E-state index contributed by atoms with van der Waals surface area (Å²) in [6, 6.07) is 11.6. The number of hydrogen-bond acceptors (Lipinski definition) is 13. The van der Waals surface area contributed by atoms with Crippen LogP contribution in [0.4, 0.5) is 0 Å². The Morgan fingerprint density at radius 2 is 1.55 bits per heavy atom. The Labute approximate surface area is 275 Å². The van der Waals surface area contributed by atoms with Gasteiger partial charge in [-0.05, 0) is 72.4 Å². The predicted octanol–water partition coefficient (Wildman–Crippen LogP) is -1.34. The molecule has 0 radical (unpaired) electrons. The summed E-state index contributed by atoms with van der Waals surface area (Å²) < 4.78 is 22.7. The van der Waals surface area contributed by atoms with Gasteiger partial charge in [0.25, 0.3) is 0 Å². The average molecular weight is 673 g/mol. The number of carbonyl (C=O) groups is 5. The highest BCUT2D eigenvalue weighted by Gasteiger charge is 2.55. The summed E-state index contributed by atoms with van der Waals surface area (Å²) in [5.74, 6) is -10.9. The summed E-state index contributed by atoms with van der Waals surface area (Å²) in [4.78, 5) is 59.9. The van der Waals surface area contributed by atoms with Gasteiger partial charge in [-0.25, -0.2) is 0 Å². The van der Waals surface area contributed by atoms with E-state index in [4.69, 9.17) is 30.5 Å². The Kier molecular flexibility index (Phi) is 11.8. The molecule has 0 aliphatic carbocycles. The fraction of sp³-hybridized carbons (Fsp3) is 0.485. The van der Waals surface area contributed by atoms with Crippen molar-refractivity contribution in [3.63, 3.8) is 0 Å². The maximum atomic E-state index is 12.3. The Hall–Kier alpha value is -4.20. The quantitative estimate of drug-likeness (QED) is 0.201. The van der Waals surface area contributed by atoms with E-state index < -0.39 is 91.6 Å². The van der Waals surface area contributed by atoms with E-state index in [0.29, 0.717) is 24.5 Å². The van der Waals surface area contributed by atoms with Gasteiger partial charge < -0.3 is 58.6 Å². The molecule has 0 unspecified atom stereocenters. The molecule has 4 rings (SSSR count). The van der Waals surface area contributed by atoms with Gasteiger partial charge in [-0.3, -0.25) is 4.79 Å². The molecule has 13 nitrogen and oxygen atoms in total. The molecule has 2 heterocycles. The molecule has 6 atom stereocenters. The molecule has 2 aromatic carbocycles. The minimum absolute atomic E-state index is 0.0481. The molecular weight excluding hydrogens is 640 g/mol. The van der Waals surface area contributed by atoms with Crippen LogP contribution in [0.2, 0.25) is 5.02 Å². The Bertz CT molecular complexity index is 1470.